The highest BCUT2D eigenvalue weighted by Gasteiger charge is 2.26. The van der Waals surface area contributed by atoms with E-state index < -0.39 is 10.0 Å². The Morgan fingerprint density at radius 2 is 1.88 bits per heavy atom. The lowest BCUT2D eigenvalue weighted by molar-refractivity contribution is 0.303. The standard InChI is InChI=1S/C19H31N3O3S/c1-15(16-6-4-3-5-7-16)21-26(23,24)17-8-9-19(25-2)18(14-17)22-12-10-20-11-13-22/h8-9,14-16,20-21H,3-7,10-13H2,1-2H3/t15-/m0/s1. The van der Waals surface area contributed by atoms with Crippen LogP contribution in [0.15, 0.2) is 23.1 Å². The molecule has 1 aromatic carbocycles. The van der Waals surface area contributed by atoms with Crippen molar-refractivity contribution in [2.24, 2.45) is 5.92 Å². The summed E-state index contributed by atoms with van der Waals surface area (Å²) < 4.78 is 34.2. The maximum absolute atomic E-state index is 12.9. The van der Waals surface area contributed by atoms with Gasteiger partial charge in [-0.2, -0.15) is 0 Å². The molecule has 7 heteroatoms. The van der Waals surface area contributed by atoms with E-state index in [1.165, 1.54) is 19.3 Å². The Morgan fingerprint density at radius 3 is 2.54 bits per heavy atom. The molecule has 1 saturated carbocycles. The molecule has 1 heterocycles. The summed E-state index contributed by atoms with van der Waals surface area (Å²) in [5, 5.41) is 3.32. The molecule has 2 N–H and O–H groups in total. The van der Waals surface area contributed by atoms with Crippen LogP contribution in [0, 0.1) is 5.92 Å². The summed E-state index contributed by atoms with van der Waals surface area (Å²) in [6.45, 7) is 5.44. The first-order valence-corrected chi connectivity index (χ1v) is 11.2. The Labute approximate surface area is 157 Å². The van der Waals surface area contributed by atoms with E-state index in [9.17, 15) is 8.42 Å². The van der Waals surface area contributed by atoms with E-state index in [0.29, 0.717) is 16.6 Å². The van der Waals surface area contributed by atoms with Crippen LogP contribution in [0.2, 0.25) is 0 Å². The summed E-state index contributed by atoms with van der Waals surface area (Å²) in [5.41, 5.74) is 0.849. The lowest BCUT2D eigenvalue weighted by Crippen LogP contribution is -2.43. The molecule has 1 aliphatic heterocycles. The second kappa shape index (κ2) is 8.59. The molecule has 1 aromatic rings. The van der Waals surface area contributed by atoms with Gasteiger partial charge in [-0.05, 0) is 43.9 Å². The molecule has 0 amide bonds. The van der Waals surface area contributed by atoms with Crippen LogP contribution in [-0.4, -0.2) is 47.7 Å². The van der Waals surface area contributed by atoms with E-state index in [-0.39, 0.29) is 6.04 Å². The quantitative estimate of drug-likeness (QED) is 0.792. The minimum absolute atomic E-state index is 0.0370. The van der Waals surface area contributed by atoms with Crippen LogP contribution in [0.4, 0.5) is 5.69 Å². The van der Waals surface area contributed by atoms with Gasteiger partial charge in [-0.15, -0.1) is 0 Å². The number of hydrogen-bond donors (Lipinski definition) is 2. The van der Waals surface area contributed by atoms with Crippen LogP contribution in [-0.2, 0) is 10.0 Å². The van der Waals surface area contributed by atoms with Gasteiger partial charge in [0.2, 0.25) is 10.0 Å². The van der Waals surface area contributed by atoms with Crippen molar-refractivity contribution >= 4 is 15.7 Å². The van der Waals surface area contributed by atoms with Crippen molar-refractivity contribution in [2.45, 2.75) is 50.0 Å². The molecule has 1 aliphatic carbocycles. The van der Waals surface area contributed by atoms with Crippen molar-refractivity contribution in [3.8, 4) is 5.75 Å². The average molecular weight is 382 g/mol. The Bertz CT molecular complexity index is 696. The molecule has 26 heavy (non-hydrogen) atoms. The smallest absolute Gasteiger partial charge is 0.240 e. The van der Waals surface area contributed by atoms with Gasteiger partial charge in [0, 0.05) is 32.2 Å². The first kappa shape index (κ1) is 19.5. The summed E-state index contributed by atoms with van der Waals surface area (Å²) in [6, 6.07) is 5.11. The van der Waals surface area contributed by atoms with Crippen molar-refractivity contribution in [3.63, 3.8) is 0 Å². The normalized spacial score (nSPS) is 20.8. The summed E-state index contributed by atoms with van der Waals surface area (Å²) in [4.78, 5) is 2.49. The second-order valence-corrected chi connectivity index (χ2v) is 9.09. The third-order valence-corrected chi connectivity index (χ3v) is 7.17. The van der Waals surface area contributed by atoms with Gasteiger partial charge in [0.05, 0.1) is 17.7 Å². The highest BCUT2D eigenvalue weighted by Crippen LogP contribution is 2.32. The minimum Gasteiger partial charge on any atom is -0.495 e. The zero-order chi connectivity index (χ0) is 18.6. The Morgan fingerprint density at radius 1 is 1.19 bits per heavy atom. The van der Waals surface area contributed by atoms with Gasteiger partial charge in [0.25, 0.3) is 0 Å². The Kier molecular flexibility index (Phi) is 6.42. The summed E-state index contributed by atoms with van der Waals surface area (Å²) >= 11 is 0. The Balaban J connectivity index is 1.80. The van der Waals surface area contributed by atoms with Gasteiger partial charge in [0.1, 0.15) is 5.75 Å². The average Bonchev–Trinajstić information content (AvgIpc) is 2.68. The molecule has 6 nitrogen and oxygen atoms in total. The molecular formula is C19H31N3O3S. The van der Waals surface area contributed by atoms with Gasteiger partial charge < -0.3 is 15.0 Å². The van der Waals surface area contributed by atoms with Gasteiger partial charge in [-0.25, -0.2) is 13.1 Å². The fourth-order valence-electron chi connectivity index (χ4n) is 4.03. The summed E-state index contributed by atoms with van der Waals surface area (Å²) in [7, 11) is -1.92. The molecular weight excluding hydrogens is 350 g/mol. The lowest BCUT2D eigenvalue weighted by atomic mass is 9.85. The maximum Gasteiger partial charge on any atom is 0.240 e. The number of piperazine rings is 1. The summed E-state index contributed by atoms with van der Waals surface area (Å²) in [6.07, 6.45) is 5.89. The fraction of sp³-hybridized carbons (Fsp3) is 0.684. The molecule has 2 fully saturated rings. The number of nitrogens with one attached hydrogen (secondary N) is 2. The van der Waals surface area contributed by atoms with Crippen LogP contribution >= 0.6 is 0 Å². The van der Waals surface area contributed by atoms with Gasteiger partial charge in [-0.3, -0.25) is 0 Å². The predicted molar refractivity (Wildman–Crippen MR) is 104 cm³/mol. The molecule has 0 radical (unpaired) electrons. The van der Waals surface area contributed by atoms with Gasteiger partial charge in [0.15, 0.2) is 0 Å². The fourth-order valence-corrected chi connectivity index (χ4v) is 5.36. The Hall–Kier alpha value is -1.31. The predicted octanol–water partition coefficient (Wildman–Crippen LogP) is 2.35. The van der Waals surface area contributed by atoms with E-state index in [1.807, 2.05) is 6.92 Å². The largest absolute Gasteiger partial charge is 0.495 e. The highest BCUT2D eigenvalue weighted by molar-refractivity contribution is 7.89. The minimum atomic E-state index is -3.54. The van der Waals surface area contributed by atoms with Crippen molar-refractivity contribution in [1.82, 2.24) is 10.0 Å². The number of methoxy groups -OCH3 is 1. The van der Waals surface area contributed by atoms with Crippen LogP contribution in [0.1, 0.15) is 39.0 Å². The summed E-state index contributed by atoms with van der Waals surface area (Å²) in [5.74, 6) is 1.15. The topological polar surface area (TPSA) is 70.7 Å². The first-order valence-electron chi connectivity index (χ1n) is 9.67. The first-order chi connectivity index (χ1) is 12.5. The molecule has 1 saturated heterocycles. The number of benzene rings is 1. The van der Waals surface area contributed by atoms with Crippen LogP contribution in [0.3, 0.4) is 0 Å². The van der Waals surface area contributed by atoms with Gasteiger partial charge >= 0.3 is 0 Å². The van der Waals surface area contributed by atoms with Crippen molar-refractivity contribution < 1.29 is 13.2 Å². The van der Waals surface area contributed by atoms with E-state index in [1.54, 1.807) is 25.3 Å². The van der Waals surface area contributed by atoms with E-state index in [2.05, 4.69) is 14.9 Å². The molecule has 1 atom stereocenters. The SMILES string of the molecule is COc1ccc(S(=O)(=O)N[C@@H](C)C2CCCCC2)cc1N1CCNCC1. The molecule has 0 bridgehead atoms. The molecule has 146 valence electrons. The number of anilines is 1. The zero-order valence-corrected chi connectivity index (χ0v) is 16.6. The number of rotatable bonds is 6. The molecule has 0 aromatic heterocycles. The monoisotopic (exact) mass is 381 g/mol. The van der Waals surface area contributed by atoms with Crippen molar-refractivity contribution in [2.75, 3.05) is 38.2 Å². The van der Waals surface area contributed by atoms with E-state index >= 15 is 0 Å². The number of nitrogens with zero attached hydrogens (tertiary/aromatic N) is 1. The van der Waals surface area contributed by atoms with Crippen LogP contribution in [0.25, 0.3) is 0 Å². The molecule has 3 rings (SSSR count). The lowest BCUT2D eigenvalue weighted by Gasteiger charge is -2.31. The molecule has 0 spiro atoms. The van der Waals surface area contributed by atoms with Crippen LogP contribution < -0.4 is 19.7 Å². The third kappa shape index (κ3) is 4.50. The van der Waals surface area contributed by atoms with Crippen molar-refractivity contribution in [1.29, 1.82) is 0 Å². The molecule has 0 unspecified atom stereocenters. The second-order valence-electron chi connectivity index (χ2n) is 7.38. The number of hydrogen-bond acceptors (Lipinski definition) is 5. The molecule has 2 aliphatic rings. The van der Waals surface area contributed by atoms with E-state index in [4.69, 9.17) is 4.74 Å². The highest BCUT2D eigenvalue weighted by atomic mass is 32.2. The zero-order valence-electron chi connectivity index (χ0n) is 15.8. The van der Waals surface area contributed by atoms with E-state index in [0.717, 1.165) is 44.7 Å². The van der Waals surface area contributed by atoms with Gasteiger partial charge in [-0.1, -0.05) is 19.3 Å². The third-order valence-electron chi connectivity index (χ3n) is 5.62. The van der Waals surface area contributed by atoms with Crippen molar-refractivity contribution in [3.05, 3.63) is 18.2 Å². The maximum atomic E-state index is 12.9. The van der Waals surface area contributed by atoms with Crippen LogP contribution in [0.5, 0.6) is 5.75 Å². The number of sulfonamides is 1. The number of ether oxygens (including phenoxy) is 1.